The van der Waals surface area contributed by atoms with Crippen LogP contribution in [-0.4, -0.2) is 73.4 Å². The van der Waals surface area contributed by atoms with E-state index in [2.05, 4.69) is 104 Å². The van der Waals surface area contributed by atoms with Crippen LogP contribution in [-0.2, 0) is 18.4 Å². The molecule has 60 heavy (non-hydrogen) atoms. The Kier molecular flexibility index (Phi) is 40.0. The molecule has 0 heterocycles. The highest BCUT2D eigenvalue weighted by atomic mass is 31.2. The number of phosphoric ester groups is 1. The number of aliphatic hydroxyl groups is 1. The summed E-state index contributed by atoms with van der Waals surface area (Å²) in [5, 5.41) is 13.8. The Morgan fingerprint density at radius 1 is 0.583 bits per heavy atom. The van der Waals surface area contributed by atoms with Crippen molar-refractivity contribution in [3.05, 3.63) is 97.2 Å². The molecule has 0 aliphatic rings. The van der Waals surface area contributed by atoms with Crippen molar-refractivity contribution in [3.63, 3.8) is 0 Å². The molecule has 3 atom stereocenters. The second kappa shape index (κ2) is 41.8. The zero-order valence-corrected chi connectivity index (χ0v) is 39.8. The molecule has 0 rings (SSSR count). The molecule has 344 valence electrons. The Balaban J connectivity index is 4.44. The molecule has 0 aromatic carbocycles. The van der Waals surface area contributed by atoms with Gasteiger partial charge in [0.1, 0.15) is 13.2 Å². The number of quaternary nitrogens is 1. The Morgan fingerprint density at radius 2 is 1.00 bits per heavy atom. The van der Waals surface area contributed by atoms with Gasteiger partial charge in [-0.1, -0.05) is 182 Å². The maximum absolute atomic E-state index is 12.9. The van der Waals surface area contributed by atoms with Crippen LogP contribution < -0.4 is 5.32 Å². The monoisotopic (exact) mass is 858 g/mol. The average Bonchev–Trinajstić information content (AvgIpc) is 3.20. The van der Waals surface area contributed by atoms with Crippen molar-refractivity contribution in [2.24, 2.45) is 0 Å². The molecular weight excluding hydrogens is 768 g/mol. The third kappa shape index (κ3) is 43.5. The Hall–Kier alpha value is -2.58. The highest BCUT2D eigenvalue weighted by Gasteiger charge is 2.27. The number of hydrogen-bond donors (Lipinski definition) is 3. The molecule has 0 saturated heterocycles. The lowest BCUT2D eigenvalue weighted by Crippen LogP contribution is -2.45. The normalized spacial score (nSPS) is 15.1. The summed E-state index contributed by atoms with van der Waals surface area (Å²) >= 11 is 0. The number of carbonyl (C=O) groups is 1. The lowest BCUT2D eigenvalue weighted by molar-refractivity contribution is -0.870. The van der Waals surface area contributed by atoms with Crippen molar-refractivity contribution in [1.82, 2.24) is 5.32 Å². The standard InChI is InChI=1S/C51H89N2O6P/c1-6-8-10-12-14-16-18-20-21-22-23-24-25-26-27-28-29-30-31-33-35-37-39-41-43-45-51(55)52-49(48-59-60(56,57)58-47-46-53(3,4)5)50(54)44-42-40-38-36-34-32-19-17-15-13-11-9-7-2/h8,10,14,16,20-21,23-24,26-27,29-30,33,35,42,44,49-50,54H,6-7,9,11-13,15,17-19,22,25,28,31-32,34,36-41,43,45-48H2,1-5H3,(H-,52,55,56,57)/p+1/b10-8-,16-14-,21-20-,24-23-,27-26-,30-29-,35-33-,44-42+. The molecule has 0 bridgehead atoms. The summed E-state index contributed by atoms with van der Waals surface area (Å²) in [5.74, 6) is -0.215. The summed E-state index contributed by atoms with van der Waals surface area (Å²) in [6.45, 7) is 4.64. The SMILES string of the molecule is CC/C=C\C/C=C\C/C=C\C/C=C\C/C=C\C/C=C\C/C=C\CCCCCC(=O)NC(COP(=O)(O)OCC[N+](C)(C)C)C(O)/C=C/CCCCCCCCCCCCC. The molecule has 0 radical (unpaired) electrons. The van der Waals surface area contributed by atoms with Gasteiger partial charge in [0.05, 0.1) is 39.9 Å². The first kappa shape index (κ1) is 57.4. The molecular formula is C51H90N2O6P+. The van der Waals surface area contributed by atoms with Crippen molar-refractivity contribution in [2.45, 2.75) is 180 Å². The molecule has 8 nitrogen and oxygen atoms in total. The van der Waals surface area contributed by atoms with Crippen LogP contribution in [0.15, 0.2) is 97.2 Å². The molecule has 1 amide bonds. The highest BCUT2D eigenvalue weighted by Crippen LogP contribution is 2.43. The highest BCUT2D eigenvalue weighted by molar-refractivity contribution is 7.47. The molecule has 0 aromatic rings. The van der Waals surface area contributed by atoms with Gasteiger partial charge in [0.15, 0.2) is 0 Å². The Labute approximate surface area is 369 Å². The van der Waals surface area contributed by atoms with E-state index in [1.165, 1.54) is 57.8 Å². The van der Waals surface area contributed by atoms with Gasteiger partial charge in [-0.05, 0) is 77.0 Å². The molecule has 3 N–H and O–H groups in total. The van der Waals surface area contributed by atoms with E-state index in [1.54, 1.807) is 6.08 Å². The smallest absolute Gasteiger partial charge is 0.387 e. The van der Waals surface area contributed by atoms with Crippen LogP contribution in [0, 0.1) is 0 Å². The summed E-state index contributed by atoms with van der Waals surface area (Å²) in [7, 11) is 1.53. The summed E-state index contributed by atoms with van der Waals surface area (Å²) in [5.41, 5.74) is 0. The minimum atomic E-state index is -4.35. The third-order valence-electron chi connectivity index (χ3n) is 9.81. The van der Waals surface area contributed by atoms with Gasteiger partial charge < -0.3 is 19.8 Å². The summed E-state index contributed by atoms with van der Waals surface area (Å²) in [4.78, 5) is 23.1. The van der Waals surface area contributed by atoms with Crippen molar-refractivity contribution in [3.8, 4) is 0 Å². The number of unbranched alkanes of at least 4 members (excludes halogenated alkanes) is 14. The molecule has 9 heteroatoms. The van der Waals surface area contributed by atoms with Crippen molar-refractivity contribution >= 4 is 13.7 Å². The van der Waals surface area contributed by atoms with Gasteiger partial charge in [0.25, 0.3) is 0 Å². The van der Waals surface area contributed by atoms with Gasteiger partial charge >= 0.3 is 7.82 Å². The first-order chi connectivity index (χ1) is 29.0. The van der Waals surface area contributed by atoms with E-state index in [-0.39, 0.29) is 19.1 Å². The Morgan fingerprint density at radius 3 is 1.47 bits per heavy atom. The van der Waals surface area contributed by atoms with Crippen LogP contribution >= 0.6 is 7.82 Å². The number of amides is 1. The van der Waals surface area contributed by atoms with Crippen molar-refractivity contribution in [2.75, 3.05) is 40.9 Å². The molecule has 0 spiro atoms. The fourth-order valence-electron chi connectivity index (χ4n) is 6.08. The van der Waals surface area contributed by atoms with Gasteiger partial charge in [0, 0.05) is 6.42 Å². The number of phosphoric acid groups is 1. The van der Waals surface area contributed by atoms with Gasteiger partial charge in [0.2, 0.25) is 5.91 Å². The number of carbonyl (C=O) groups excluding carboxylic acids is 1. The topological polar surface area (TPSA) is 105 Å². The van der Waals surface area contributed by atoms with Crippen LogP contribution in [0.25, 0.3) is 0 Å². The number of allylic oxidation sites excluding steroid dienone is 15. The summed E-state index contributed by atoms with van der Waals surface area (Å²) in [6.07, 6.45) is 59.1. The number of nitrogens with zero attached hydrogens (tertiary/aromatic N) is 1. The maximum atomic E-state index is 12.9. The van der Waals surface area contributed by atoms with Crippen LogP contribution in [0.3, 0.4) is 0 Å². The molecule has 0 aliphatic carbocycles. The van der Waals surface area contributed by atoms with E-state index in [4.69, 9.17) is 9.05 Å². The molecule has 0 aromatic heterocycles. The largest absolute Gasteiger partial charge is 0.472 e. The fraction of sp³-hybridized carbons (Fsp3) is 0.667. The van der Waals surface area contributed by atoms with E-state index in [9.17, 15) is 19.4 Å². The zero-order chi connectivity index (χ0) is 44.3. The van der Waals surface area contributed by atoms with Crippen LogP contribution in [0.1, 0.15) is 168 Å². The number of likely N-dealkylation sites (N-methyl/N-ethyl adjacent to an activating group) is 1. The van der Waals surface area contributed by atoms with E-state index in [1.807, 2.05) is 27.2 Å². The molecule has 0 aliphatic heterocycles. The van der Waals surface area contributed by atoms with Gasteiger partial charge in [-0.15, -0.1) is 0 Å². The van der Waals surface area contributed by atoms with Crippen LogP contribution in [0.5, 0.6) is 0 Å². The summed E-state index contributed by atoms with van der Waals surface area (Å²) in [6, 6.07) is -0.870. The quantitative estimate of drug-likeness (QED) is 0.0245. The van der Waals surface area contributed by atoms with Crippen molar-refractivity contribution < 1.29 is 32.9 Å². The second-order valence-electron chi connectivity index (χ2n) is 16.8. The lowest BCUT2D eigenvalue weighted by atomic mass is 10.0. The lowest BCUT2D eigenvalue weighted by Gasteiger charge is -2.25. The molecule has 0 fully saturated rings. The van der Waals surface area contributed by atoms with E-state index in [0.717, 1.165) is 89.9 Å². The number of aliphatic hydroxyl groups excluding tert-OH is 1. The van der Waals surface area contributed by atoms with Crippen molar-refractivity contribution in [1.29, 1.82) is 0 Å². The second-order valence-corrected chi connectivity index (χ2v) is 18.2. The zero-order valence-electron chi connectivity index (χ0n) is 38.9. The summed E-state index contributed by atoms with van der Waals surface area (Å²) < 4.78 is 23.5. The number of hydrogen-bond acceptors (Lipinski definition) is 5. The number of nitrogens with one attached hydrogen (secondary N) is 1. The van der Waals surface area contributed by atoms with E-state index in [0.29, 0.717) is 17.4 Å². The third-order valence-corrected chi connectivity index (χ3v) is 10.8. The van der Waals surface area contributed by atoms with Crippen LogP contribution in [0.4, 0.5) is 0 Å². The Bertz CT molecular complexity index is 1290. The first-order valence-corrected chi connectivity index (χ1v) is 25.1. The molecule has 0 saturated carbocycles. The van der Waals surface area contributed by atoms with Gasteiger partial charge in [-0.25, -0.2) is 4.57 Å². The molecule has 3 unspecified atom stereocenters. The maximum Gasteiger partial charge on any atom is 0.472 e. The van der Waals surface area contributed by atoms with E-state index < -0.39 is 20.0 Å². The van der Waals surface area contributed by atoms with Gasteiger partial charge in [-0.2, -0.15) is 0 Å². The van der Waals surface area contributed by atoms with E-state index >= 15 is 0 Å². The predicted molar refractivity (Wildman–Crippen MR) is 258 cm³/mol. The average molecular weight is 858 g/mol. The minimum absolute atomic E-state index is 0.0490. The van der Waals surface area contributed by atoms with Crippen LogP contribution in [0.2, 0.25) is 0 Å². The first-order valence-electron chi connectivity index (χ1n) is 23.6. The number of rotatable bonds is 41. The minimum Gasteiger partial charge on any atom is -0.387 e. The van der Waals surface area contributed by atoms with Gasteiger partial charge in [-0.3, -0.25) is 13.8 Å². The fourth-order valence-corrected chi connectivity index (χ4v) is 6.81. The predicted octanol–water partition coefficient (Wildman–Crippen LogP) is 13.5.